The lowest BCUT2D eigenvalue weighted by Gasteiger charge is -2.32. The summed E-state index contributed by atoms with van der Waals surface area (Å²) in [4.78, 5) is 15.6. The number of piperidine rings is 1. The number of rotatable bonds is 9. The first-order chi connectivity index (χ1) is 16.2. The molecular formula is C28H32N2O3. The van der Waals surface area contributed by atoms with Crippen molar-refractivity contribution in [3.63, 3.8) is 0 Å². The molecule has 3 aromatic carbocycles. The summed E-state index contributed by atoms with van der Waals surface area (Å²) in [6, 6.07) is 27.7. The zero-order valence-corrected chi connectivity index (χ0v) is 19.2. The van der Waals surface area contributed by atoms with Crippen molar-refractivity contribution < 1.29 is 14.3 Å². The summed E-state index contributed by atoms with van der Waals surface area (Å²) in [5, 5.41) is 3.31. The predicted molar refractivity (Wildman–Crippen MR) is 131 cm³/mol. The van der Waals surface area contributed by atoms with Gasteiger partial charge in [-0.25, -0.2) is 0 Å². The lowest BCUT2D eigenvalue weighted by molar-refractivity contribution is -0.127. The Bertz CT molecular complexity index is 1000. The fourth-order valence-electron chi connectivity index (χ4n) is 4.31. The van der Waals surface area contributed by atoms with Crippen LogP contribution in [0.4, 0.5) is 0 Å². The Morgan fingerprint density at radius 2 is 1.55 bits per heavy atom. The number of ether oxygens (including phenoxy) is 2. The van der Waals surface area contributed by atoms with E-state index in [0.717, 1.165) is 55.1 Å². The average Bonchev–Trinajstić information content (AvgIpc) is 2.88. The molecule has 1 aliphatic heterocycles. The van der Waals surface area contributed by atoms with Crippen LogP contribution in [-0.2, 0) is 4.79 Å². The molecule has 1 fully saturated rings. The molecule has 1 N–H and O–H groups in total. The van der Waals surface area contributed by atoms with Crippen LogP contribution in [0.3, 0.4) is 0 Å². The molecule has 5 heteroatoms. The third kappa shape index (κ3) is 6.36. The molecule has 1 heterocycles. The normalized spacial score (nSPS) is 15.5. The van der Waals surface area contributed by atoms with Gasteiger partial charge in [-0.2, -0.15) is 0 Å². The molecule has 0 aliphatic carbocycles. The molecule has 1 atom stereocenters. The van der Waals surface area contributed by atoms with Gasteiger partial charge in [0.25, 0.3) is 0 Å². The van der Waals surface area contributed by atoms with E-state index in [2.05, 4.69) is 22.3 Å². The van der Waals surface area contributed by atoms with Crippen LogP contribution in [0.5, 0.6) is 11.5 Å². The second kappa shape index (κ2) is 11.5. The Balaban J connectivity index is 1.33. The van der Waals surface area contributed by atoms with Crippen molar-refractivity contribution in [2.45, 2.75) is 18.9 Å². The molecule has 4 rings (SSSR count). The molecule has 0 spiro atoms. The van der Waals surface area contributed by atoms with E-state index in [1.54, 1.807) is 7.11 Å². The van der Waals surface area contributed by atoms with E-state index in [0.29, 0.717) is 6.61 Å². The third-order valence-electron chi connectivity index (χ3n) is 6.22. The highest BCUT2D eigenvalue weighted by atomic mass is 16.5. The van der Waals surface area contributed by atoms with Gasteiger partial charge in [0.2, 0.25) is 5.91 Å². The second-order valence-electron chi connectivity index (χ2n) is 8.41. The fourth-order valence-corrected chi connectivity index (χ4v) is 4.31. The van der Waals surface area contributed by atoms with Crippen LogP contribution < -0.4 is 14.8 Å². The first-order valence-electron chi connectivity index (χ1n) is 11.6. The number of benzene rings is 3. The minimum absolute atomic E-state index is 0.0214. The Morgan fingerprint density at radius 1 is 0.909 bits per heavy atom. The van der Waals surface area contributed by atoms with Gasteiger partial charge in [0, 0.05) is 12.5 Å². The number of likely N-dealkylation sites (tertiary alicyclic amines) is 1. The summed E-state index contributed by atoms with van der Waals surface area (Å²) in [5.41, 5.74) is 2.08. The zero-order chi connectivity index (χ0) is 22.9. The number of nitrogens with one attached hydrogen (secondary N) is 1. The van der Waals surface area contributed by atoms with Gasteiger partial charge < -0.3 is 14.8 Å². The largest absolute Gasteiger partial charge is 0.497 e. The summed E-state index contributed by atoms with van der Waals surface area (Å²) in [6.07, 6.45) is 1.72. The van der Waals surface area contributed by atoms with Crippen LogP contribution >= 0.6 is 0 Å². The standard InChI is InChI=1S/C28H32N2O3/c1-32-26-14-8-11-24(21-26)27(22-9-4-2-5-10-22)29-28(31)23-15-17-30(18-16-23)19-20-33-25-12-6-3-7-13-25/h2-14,21,23,27H,15-20H2,1H3,(H,29,31). The van der Waals surface area contributed by atoms with Crippen molar-refractivity contribution >= 4 is 5.91 Å². The summed E-state index contributed by atoms with van der Waals surface area (Å²) < 4.78 is 11.2. The highest BCUT2D eigenvalue weighted by Crippen LogP contribution is 2.27. The molecule has 3 aromatic rings. The van der Waals surface area contributed by atoms with Gasteiger partial charge in [-0.05, 0) is 61.3 Å². The highest BCUT2D eigenvalue weighted by Gasteiger charge is 2.27. The number of carbonyl (C=O) groups is 1. The molecule has 0 saturated carbocycles. The Labute approximate surface area is 196 Å². The van der Waals surface area contributed by atoms with Crippen LogP contribution in [0.15, 0.2) is 84.9 Å². The Hall–Kier alpha value is -3.31. The zero-order valence-electron chi connectivity index (χ0n) is 19.2. The maximum Gasteiger partial charge on any atom is 0.223 e. The average molecular weight is 445 g/mol. The van der Waals surface area contributed by atoms with E-state index >= 15 is 0 Å². The van der Waals surface area contributed by atoms with Crippen LogP contribution in [0, 0.1) is 5.92 Å². The van der Waals surface area contributed by atoms with E-state index < -0.39 is 0 Å². The topological polar surface area (TPSA) is 50.8 Å². The van der Waals surface area contributed by atoms with Gasteiger partial charge in [0.05, 0.1) is 13.2 Å². The number of hydrogen-bond acceptors (Lipinski definition) is 4. The van der Waals surface area contributed by atoms with Gasteiger partial charge in [0.1, 0.15) is 18.1 Å². The van der Waals surface area contributed by atoms with E-state index in [1.165, 1.54) is 0 Å². The molecule has 5 nitrogen and oxygen atoms in total. The lowest BCUT2D eigenvalue weighted by Crippen LogP contribution is -2.42. The lowest BCUT2D eigenvalue weighted by atomic mass is 9.93. The van der Waals surface area contributed by atoms with E-state index in [-0.39, 0.29) is 17.9 Å². The molecule has 172 valence electrons. The molecule has 1 amide bonds. The third-order valence-corrected chi connectivity index (χ3v) is 6.22. The van der Waals surface area contributed by atoms with E-state index in [4.69, 9.17) is 9.47 Å². The van der Waals surface area contributed by atoms with Crippen LogP contribution in [0.25, 0.3) is 0 Å². The summed E-state index contributed by atoms with van der Waals surface area (Å²) in [6.45, 7) is 3.35. The van der Waals surface area contributed by atoms with Gasteiger partial charge in [0.15, 0.2) is 0 Å². The summed E-state index contributed by atoms with van der Waals surface area (Å²) >= 11 is 0. The number of carbonyl (C=O) groups excluding carboxylic acids is 1. The maximum absolute atomic E-state index is 13.2. The van der Waals surface area contributed by atoms with Crippen LogP contribution in [0.1, 0.15) is 30.0 Å². The fraction of sp³-hybridized carbons (Fsp3) is 0.321. The number of hydrogen-bond donors (Lipinski definition) is 1. The second-order valence-corrected chi connectivity index (χ2v) is 8.41. The molecule has 0 aromatic heterocycles. The number of amides is 1. The SMILES string of the molecule is COc1cccc(C(NC(=O)C2CCN(CCOc3ccccc3)CC2)c2ccccc2)c1. The Morgan fingerprint density at radius 3 is 2.24 bits per heavy atom. The molecule has 33 heavy (non-hydrogen) atoms. The molecule has 1 saturated heterocycles. The first kappa shape index (κ1) is 22.9. The van der Waals surface area contributed by atoms with E-state index in [9.17, 15) is 4.79 Å². The molecule has 1 unspecified atom stereocenters. The van der Waals surface area contributed by atoms with Gasteiger partial charge in [-0.1, -0.05) is 60.7 Å². The van der Waals surface area contributed by atoms with E-state index in [1.807, 2.05) is 72.8 Å². The van der Waals surface area contributed by atoms with Crippen molar-refractivity contribution in [2.24, 2.45) is 5.92 Å². The van der Waals surface area contributed by atoms with Crippen molar-refractivity contribution in [3.8, 4) is 11.5 Å². The number of nitrogens with zero attached hydrogens (tertiary/aromatic N) is 1. The monoisotopic (exact) mass is 444 g/mol. The quantitative estimate of drug-likeness (QED) is 0.520. The molecular weight excluding hydrogens is 412 g/mol. The Kier molecular flexibility index (Phi) is 7.99. The van der Waals surface area contributed by atoms with Crippen molar-refractivity contribution in [2.75, 3.05) is 33.4 Å². The van der Waals surface area contributed by atoms with Gasteiger partial charge in [-0.15, -0.1) is 0 Å². The number of methoxy groups -OCH3 is 1. The summed E-state index contributed by atoms with van der Waals surface area (Å²) in [5.74, 6) is 1.82. The molecule has 0 radical (unpaired) electrons. The first-order valence-corrected chi connectivity index (χ1v) is 11.6. The van der Waals surface area contributed by atoms with Crippen molar-refractivity contribution in [3.05, 3.63) is 96.1 Å². The van der Waals surface area contributed by atoms with Crippen LogP contribution in [-0.4, -0.2) is 44.2 Å². The predicted octanol–water partition coefficient (Wildman–Crippen LogP) is 4.69. The van der Waals surface area contributed by atoms with Gasteiger partial charge >= 0.3 is 0 Å². The number of para-hydroxylation sites is 1. The minimum atomic E-state index is -0.203. The van der Waals surface area contributed by atoms with Gasteiger partial charge in [-0.3, -0.25) is 9.69 Å². The van der Waals surface area contributed by atoms with Crippen LogP contribution in [0.2, 0.25) is 0 Å². The summed E-state index contributed by atoms with van der Waals surface area (Å²) in [7, 11) is 1.66. The minimum Gasteiger partial charge on any atom is -0.497 e. The smallest absolute Gasteiger partial charge is 0.223 e. The highest BCUT2D eigenvalue weighted by molar-refractivity contribution is 5.79. The van der Waals surface area contributed by atoms with Crippen molar-refractivity contribution in [1.29, 1.82) is 0 Å². The van der Waals surface area contributed by atoms with Crippen molar-refractivity contribution in [1.82, 2.24) is 10.2 Å². The molecule has 1 aliphatic rings. The maximum atomic E-state index is 13.2. The molecule has 0 bridgehead atoms.